The lowest BCUT2D eigenvalue weighted by molar-refractivity contribution is -0.132. The summed E-state index contributed by atoms with van der Waals surface area (Å²) in [6.07, 6.45) is 0. The highest BCUT2D eigenvalue weighted by Crippen LogP contribution is 2.46. The molecule has 1 unspecified atom stereocenters. The fourth-order valence-electron chi connectivity index (χ4n) is 5.01. The molecule has 0 bridgehead atoms. The van der Waals surface area contributed by atoms with Gasteiger partial charge in [-0.05, 0) is 72.1 Å². The van der Waals surface area contributed by atoms with Crippen LogP contribution in [0.2, 0.25) is 5.02 Å². The molecule has 1 amide bonds. The SMILES string of the molecule is CCOc1cc(C2C(=C(O)c3ccc(Cl)cc3)C(=O)C(=O)N2c2nnc(SCc3ccc(F)cc3)s2)ccc1OCc1ccccc1. The number of aliphatic hydroxyl groups excluding tert-OH is 1. The van der Waals surface area contributed by atoms with Crippen molar-refractivity contribution in [1.29, 1.82) is 0 Å². The number of rotatable bonds is 11. The second-order valence-corrected chi connectivity index (χ2v) is 13.0. The molecule has 1 aliphatic heterocycles. The van der Waals surface area contributed by atoms with Crippen LogP contribution < -0.4 is 14.4 Å². The first-order valence-corrected chi connectivity index (χ1v) is 16.7. The summed E-state index contributed by atoms with van der Waals surface area (Å²) in [5, 5.41) is 20.6. The summed E-state index contributed by atoms with van der Waals surface area (Å²) in [5.41, 5.74) is 2.55. The van der Waals surface area contributed by atoms with E-state index in [0.717, 1.165) is 22.5 Å². The fourth-order valence-corrected chi connectivity index (χ4v) is 6.96. The van der Waals surface area contributed by atoms with Gasteiger partial charge in [0.1, 0.15) is 18.2 Å². The van der Waals surface area contributed by atoms with E-state index in [1.54, 1.807) is 54.6 Å². The van der Waals surface area contributed by atoms with Gasteiger partial charge in [-0.15, -0.1) is 10.2 Å². The number of aromatic nitrogens is 2. The number of ether oxygens (including phenoxy) is 2. The molecule has 12 heteroatoms. The molecule has 5 aromatic rings. The number of thioether (sulfide) groups is 1. The molecule has 4 aromatic carbocycles. The molecule has 1 fully saturated rings. The standard InChI is InChI=1S/C35H27ClFN3O5S2/c1-2-44-28-18-24(12-17-27(28)45-19-21-6-4-3-5-7-21)30-29(31(41)23-10-13-25(36)14-11-23)32(42)33(43)40(30)34-38-39-35(47-34)46-20-22-8-15-26(37)16-9-22/h3-18,30,41H,2,19-20H2,1H3. The Kier molecular flexibility index (Phi) is 9.86. The van der Waals surface area contributed by atoms with Gasteiger partial charge in [-0.2, -0.15) is 0 Å². The van der Waals surface area contributed by atoms with E-state index in [1.165, 1.54) is 28.8 Å². The van der Waals surface area contributed by atoms with E-state index in [0.29, 0.717) is 51.0 Å². The Morgan fingerprint density at radius 3 is 2.40 bits per heavy atom. The van der Waals surface area contributed by atoms with Gasteiger partial charge in [-0.1, -0.05) is 83.2 Å². The van der Waals surface area contributed by atoms with Gasteiger partial charge < -0.3 is 14.6 Å². The third-order valence-electron chi connectivity index (χ3n) is 7.26. The van der Waals surface area contributed by atoms with E-state index in [-0.39, 0.29) is 22.3 Å². The maximum atomic E-state index is 13.7. The van der Waals surface area contributed by atoms with Crippen molar-refractivity contribution in [3.63, 3.8) is 0 Å². The summed E-state index contributed by atoms with van der Waals surface area (Å²) in [7, 11) is 0. The Hall–Kier alpha value is -4.71. The lowest BCUT2D eigenvalue weighted by Gasteiger charge is -2.23. The number of anilines is 1. The van der Waals surface area contributed by atoms with Crippen LogP contribution in [0.25, 0.3) is 5.76 Å². The molecule has 8 nitrogen and oxygen atoms in total. The Labute approximate surface area is 283 Å². The van der Waals surface area contributed by atoms with Gasteiger partial charge in [0.15, 0.2) is 15.8 Å². The number of Topliss-reactive ketones (excluding diaryl/α,β-unsaturated/α-hetero) is 1. The predicted octanol–water partition coefficient (Wildman–Crippen LogP) is 8.23. The number of hydrogen-bond acceptors (Lipinski definition) is 9. The Bertz CT molecular complexity index is 1940. The molecular formula is C35H27ClFN3O5S2. The summed E-state index contributed by atoms with van der Waals surface area (Å²) in [5.74, 6) is -1.04. The third kappa shape index (κ3) is 7.17. The van der Waals surface area contributed by atoms with Gasteiger partial charge in [-0.25, -0.2) is 4.39 Å². The second kappa shape index (κ2) is 14.4. The molecule has 0 saturated carbocycles. The first-order valence-electron chi connectivity index (χ1n) is 14.5. The van der Waals surface area contributed by atoms with Gasteiger partial charge in [-0.3, -0.25) is 14.5 Å². The minimum atomic E-state index is -1.06. The summed E-state index contributed by atoms with van der Waals surface area (Å²) in [6, 6.07) is 26.2. The first-order chi connectivity index (χ1) is 22.8. The van der Waals surface area contributed by atoms with E-state index in [2.05, 4.69) is 10.2 Å². The van der Waals surface area contributed by atoms with E-state index in [4.69, 9.17) is 21.1 Å². The van der Waals surface area contributed by atoms with Crippen LogP contribution >= 0.6 is 34.7 Å². The zero-order valence-corrected chi connectivity index (χ0v) is 27.3. The summed E-state index contributed by atoms with van der Waals surface area (Å²) in [6.45, 7) is 2.48. The predicted molar refractivity (Wildman–Crippen MR) is 180 cm³/mol. The van der Waals surface area contributed by atoms with Gasteiger partial charge in [0.2, 0.25) is 5.13 Å². The molecule has 0 spiro atoms. The van der Waals surface area contributed by atoms with E-state index in [9.17, 15) is 19.1 Å². The molecule has 1 saturated heterocycles. The molecule has 47 heavy (non-hydrogen) atoms. The normalized spacial score (nSPS) is 15.6. The van der Waals surface area contributed by atoms with E-state index >= 15 is 0 Å². The van der Waals surface area contributed by atoms with Crippen molar-refractivity contribution in [2.24, 2.45) is 0 Å². The lowest BCUT2D eigenvalue weighted by Crippen LogP contribution is -2.29. The van der Waals surface area contributed by atoms with E-state index < -0.39 is 17.7 Å². The minimum Gasteiger partial charge on any atom is -0.507 e. The number of benzene rings is 4. The second-order valence-electron chi connectivity index (χ2n) is 10.4. The van der Waals surface area contributed by atoms with Crippen molar-refractivity contribution in [3.05, 3.63) is 136 Å². The zero-order chi connectivity index (χ0) is 32.9. The highest BCUT2D eigenvalue weighted by molar-refractivity contribution is 8.00. The van der Waals surface area contributed by atoms with Crippen LogP contribution in [0.5, 0.6) is 11.5 Å². The quantitative estimate of drug-likeness (QED) is 0.0487. The third-order valence-corrected chi connectivity index (χ3v) is 9.64. The minimum absolute atomic E-state index is 0.117. The molecule has 1 aliphatic rings. The van der Waals surface area contributed by atoms with Crippen LogP contribution in [0.1, 0.15) is 35.2 Å². The van der Waals surface area contributed by atoms with Crippen molar-refractivity contribution in [2.45, 2.75) is 29.7 Å². The van der Waals surface area contributed by atoms with Gasteiger partial charge in [0.25, 0.3) is 5.78 Å². The molecule has 238 valence electrons. The van der Waals surface area contributed by atoms with Gasteiger partial charge >= 0.3 is 5.91 Å². The molecule has 6 rings (SSSR count). The number of halogens is 2. The average molecular weight is 688 g/mol. The monoisotopic (exact) mass is 687 g/mol. The van der Waals surface area contributed by atoms with Crippen molar-refractivity contribution in [2.75, 3.05) is 11.5 Å². The number of carbonyl (C=O) groups excluding carboxylic acids is 2. The molecular weight excluding hydrogens is 661 g/mol. The highest BCUT2D eigenvalue weighted by atomic mass is 35.5. The van der Waals surface area contributed by atoms with Crippen molar-refractivity contribution in [3.8, 4) is 11.5 Å². The number of hydrogen-bond donors (Lipinski definition) is 1. The topological polar surface area (TPSA) is 102 Å². The van der Waals surface area contributed by atoms with Crippen molar-refractivity contribution >= 4 is 57.3 Å². The number of aliphatic hydroxyl groups is 1. The average Bonchev–Trinajstić information content (AvgIpc) is 3.66. The number of ketones is 1. The van der Waals surface area contributed by atoms with Crippen molar-refractivity contribution in [1.82, 2.24) is 10.2 Å². The maximum absolute atomic E-state index is 13.7. The number of carbonyl (C=O) groups is 2. The molecule has 1 atom stereocenters. The summed E-state index contributed by atoms with van der Waals surface area (Å²) in [4.78, 5) is 28.6. The zero-order valence-electron chi connectivity index (χ0n) is 24.9. The molecule has 1 N–H and O–H groups in total. The van der Waals surface area contributed by atoms with Crippen molar-refractivity contribution < 1.29 is 28.6 Å². The van der Waals surface area contributed by atoms with Gasteiger partial charge in [0.05, 0.1) is 18.2 Å². The van der Waals surface area contributed by atoms with E-state index in [1.807, 2.05) is 37.3 Å². The Morgan fingerprint density at radius 2 is 1.68 bits per heavy atom. The number of nitrogens with zero attached hydrogens (tertiary/aromatic N) is 3. The fraction of sp³-hybridized carbons (Fsp3) is 0.143. The van der Waals surface area contributed by atoms with Crippen LogP contribution in [-0.4, -0.2) is 33.6 Å². The number of amides is 1. The van der Waals surface area contributed by atoms with Crippen LogP contribution in [-0.2, 0) is 21.9 Å². The highest BCUT2D eigenvalue weighted by Gasteiger charge is 2.48. The smallest absolute Gasteiger partial charge is 0.301 e. The summed E-state index contributed by atoms with van der Waals surface area (Å²) >= 11 is 8.57. The summed E-state index contributed by atoms with van der Waals surface area (Å²) < 4.78 is 25.9. The van der Waals surface area contributed by atoms with Crippen LogP contribution in [0.3, 0.4) is 0 Å². The van der Waals surface area contributed by atoms with Gasteiger partial charge in [0, 0.05) is 16.3 Å². The molecule has 2 heterocycles. The lowest BCUT2D eigenvalue weighted by atomic mass is 9.95. The molecule has 0 radical (unpaired) electrons. The Balaban J connectivity index is 1.39. The molecule has 0 aliphatic carbocycles. The van der Waals surface area contributed by atoms with Crippen LogP contribution in [0, 0.1) is 5.82 Å². The maximum Gasteiger partial charge on any atom is 0.301 e. The van der Waals surface area contributed by atoms with Crippen LogP contribution in [0.4, 0.5) is 9.52 Å². The Morgan fingerprint density at radius 1 is 0.936 bits per heavy atom. The molecule has 1 aromatic heterocycles. The largest absolute Gasteiger partial charge is 0.507 e. The van der Waals surface area contributed by atoms with Crippen LogP contribution in [0.15, 0.2) is 107 Å². The first kappa shape index (κ1) is 32.2.